The van der Waals surface area contributed by atoms with E-state index in [1.807, 2.05) is 6.07 Å². The molecule has 1 unspecified atom stereocenters. The van der Waals surface area contributed by atoms with E-state index in [4.69, 9.17) is 0 Å². The number of nitrogens with zero attached hydrogens (tertiary/aromatic N) is 2. The smallest absolute Gasteiger partial charge is 0.244 e. The number of hydrogen-bond donors (Lipinski definition) is 0. The number of benzene rings is 1. The van der Waals surface area contributed by atoms with Gasteiger partial charge in [0.25, 0.3) is 0 Å². The summed E-state index contributed by atoms with van der Waals surface area (Å²) < 4.78 is 0. The van der Waals surface area contributed by atoms with Crippen molar-refractivity contribution in [3.05, 3.63) is 35.5 Å². The van der Waals surface area contributed by atoms with Crippen LogP contribution in [0, 0.1) is 5.21 Å². The van der Waals surface area contributed by atoms with Crippen LogP contribution in [0.15, 0.2) is 35.4 Å². The van der Waals surface area contributed by atoms with Crippen LogP contribution < -0.4 is 0 Å². The maximum absolute atomic E-state index is 11.4. The Morgan fingerprint density at radius 2 is 2.00 bits per heavy atom. The first kappa shape index (κ1) is 10.4. The average Bonchev–Trinajstić information content (AvgIpc) is 2.19. The molecule has 1 atom stereocenters. The monoisotopic (exact) mass is 192 g/mol. The SMILES string of the molecule is CC(=O)C(C)N=[N+]([O-])c1ccccc1. The van der Waals surface area contributed by atoms with Gasteiger partial charge in [-0.3, -0.25) is 4.79 Å². The molecule has 0 amide bonds. The molecular weight excluding hydrogens is 180 g/mol. The molecule has 4 heteroatoms. The fraction of sp³-hybridized carbons (Fsp3) is 0.300. The summed E-state index contributed by atoms with van der Waals surface area (Å²) >= 11 is 0. The summed E-state index contributed by atoms with van der Waals surface area (Å²) in [6.07, 6.45) is 0. The molecule has 0 fully saturated rings. The molecule has 14 heavy (non-hydrogen) atoms. The number of carbonyl (C=O) groups excluding carboxylic acids is 1. The third-order valence-electron chi connectivity index (χ3n) is 1.84. The number of para-hydroxylation sites is 1. The van der Waals surface area contributed by atoms with Crippen LogP contribution in [0.25, 0.3) is 0 Å². The van der Waals surface area contributed by atoms with Gasteiger partial charge in [0.1, 0.15) is 0 Å². The first-order valence-electron chi connectivity index (χ1n) is 4.35. The minimum Gasteiger partial charge on any atom is -0.594 e. The van der Waals surface area contributed by atoms with Crippen LogP contribution in [0.4, 0.5) is 5.69 Å². The summed E-state index contributed by atoms with van der Waals surface area (Å²) in [6.45, 7) is 3.00. The molecule has 0 aliphatic carbocycles. The average molecular weight is 192 g/mol. The summed E-state index contributed by atoms with van der Waals surface area (Å²) in [5.74, 6) is -0.123. The van der Waals surface area contributed by atoms with Crippen LogP contribution in [0.3, 0.4) is 0 Å². The van der Waals surface area contributed by atoms with Crippen molar-refractivity contribution in [3.8, 4) is 0 Å². The Kier molecular flexibility index (Phi) is 3.34. The molecule has 0 heterocycles. The van der Waals surface area contributed by atoms with Crippen molar-refractivity contribution in [2.45, 2.75) is 19.9 Å². The minimum absolute atomic E-state index is 0.123. The summed E-state index contributed by atoms with van der Waals surface area (Å²) in [4.78, 5) is 11.3. The van der Waals surface area contributed by atoms with Crippen LogP contribution in [0.5, 0.6) is 0 Å². The van der Waals surface area contributed by atoms with Crippen molar-refractivity contribution in [1.29, 1.82) is 0 Å². The number of rotatable bonds is 3. The third kappa shape index (κ3) is 2.65. The second kappa shape index (κ2) is 4.50. The van der Waals surface area contributed by atoms with Crippen molar-refractivity contribution >= 4 is 11.5 Å². The van der Waals surface area contributed by atoms with E-state index >= 15 is 0 Å². The van der Waals surface area contributed by atoms with E-state index in [2.05, 4.69) is 5.11 Å². The van der Waals surface area contributed by atoms with E-state index in [0.29, 0.717) is 10.5 Å². The molecule has 0 spiro atoms. The van der Waals surface area contributed by atoms with Crippen LogP contribution in [-0.2, 0) is 4.79 Å². The van der Waals surface area contributed by atoms with Gasteiger partial charge in [0, 0.05) is 12.1 Å². The second-order valence-corrected chi connectivity index (χ2v) is 3.01. The molecule has 1 aromatic rings. The molecule has 0 bridgehead atoms. The highest BCUT2D eigenvalue weighted by atomic mass is 16.5. The first-order chi connectivity index (χ1) is 6.61. The Balaban J connectivity index is 2.85. The first-order valence-corrected chi connectivity index (χ1v) is 4.35. The molecule has 4 nitrogen and oxygen atoms in total. The lowest BCUT2D eigenvalue weighted by Gasteiger charge is -2.01. The predicted molar refractivity (Wildman–Crippen MR) is 52.3 cm³/mol. The fourth-order valence-electron chi connectivity index (χ4n) is 0.861. The normalized spacial score (nSPS) is 13.7. The lowest BCUT2D eigenvalue weighted by Crippen LogP contribution is -2.12. The predicted octanol–water partition coefficient (Wildman–Crippen LogP) is 2.26. The lowest BCUT2D eigenvalue weighted by atomic mass is 10.3. The van der Waals surface area contributed by atoms with E-state index < -0.39 is 6.04 Å². The van der Waals surface area contributed by atoms with Crippen LogP contribution in [0.2, 0.25) is 0 Å². The molecule has 0 aliphatic heterocycles. The Hall–Kier alpha value is -1.71. The van der Waals surface area contributed by atoms with Crippen LogP contribution in [0.1, 0.15) is 13.8 Å². The van der Waals surface area contributed by atoms with E-state index in [0.717, 1.165) is 0 Å². The van der Waals surface area contributed by atoms with Gasteiger partial charge in [-0.05, 0) is 19.0 Å². The van der Waals surface area contributed by atoms with Crippen molar-refractivity contribution in [2.24, 2.45) is 5.11 Å². The summed E-state index contributed by atoms with van der Waals surface area (Å²) in [6, 6.07) is 7.99. The van der Waals surface area contributed by atoms with Gasteiger partial charge < -0.3 is 5.21 Å². The van der Waals surface area contributed by atoms with Crippen molar-refractivity contribution in [3.63, 3.8) is 0 Å². The molecule has 0 aliphatic rings. The molecule has 0 aromatic heterocycles. The van der Waals surface area contributed by atoms with E-state index in [1.54, 1.807) is 31.2 Å². The van der Waals surface area contributed by atoms with Gasteiger partial charge in [0.05, 0.1) is 0 Å². The van der Waals surface area contributed by atoms with Gasteiger partial charge in [-0.15, -0.1) is 0 Å². The highest BCUT2D eigenvalue weighted by molar-refractivity contribution is 5.80. The maximum Gasteiger partial charge on any atom is 0.244 e. The Bertz CT molecular complexity index is 346. The summed E-state index contributed by atoms with van der Waals surface area (Å²) in [5, 5.41) is 15.0. The number of ketones is 1. The van der Waals surface area contributed by atoms with Gasteiger partial charge in [-0.1, -0.05) is 23.1 Å². The maximum atomic E-state index is 11.4. The zero-order valence-electron chi connectivity index (χ0n) is 8.18. The highest BCUT2D eigenvalue weighted by Gasteiger charge is 2.11. The molecule has 0 N–H and O–H groups in total. The number of hydrogen-bond acceptors (Lipinski definition) is 3. The topological polar surface area (TPSA) is 55.5 Å². The van der Waals surface area contributed by atoms with Crippen molar-refractivity contribution in [1.82, 2.24) is 0 Å². The Morgan fingerprint density at radius 3 is 2.50 bits per heavy atom. The van der Waals surface area contributed by atoms with Gasteiger partial charge in [-0.2, -0.15) is 0 Å². The van der Waals surface area contributed by atoms with Crippen molar-refractivity contribution in [2.75, 3.05) is 0 Å². The number of azo groups is 1. The molecule has 0 saturated carbocycles. The molecule has 74 valence electrons. The number of Topliss-reactive ketones (excluding diaryl/α,β-unsaturated/α-hetero) is 1. The highest BCUT2D eigenvalue weighted by Crippen LogP contribution is 2.10. The molecule has 1 rings (SSSR count). The standard InChI is InChI=1S/C10H12N2O2/c1-8(9(2)13)11-12(14)10-6-4-3-5-7-10/h3-8H,1-2H3. The van der Waals surface area contributed by atoms with Crippen LogP contribution in [-0.4, -0.2) is 16.7 Å². The third-order valence-corrected chi connectivity index (χ3v) is 1.84. The molecule has 1 aromatic carbocycles. The lowest BCUT2D eigenvalue weighted by molar-refractivity contribution is -0.444. The summed E-state index contributed by atoms with van der Waals surface area (Å²) in [5.41, 5.74) is 0.431. The Morgan fingerprint density at radius 1 is 1.43 bits per heavy atom. The van der Waals surface area contributed by atoms with E-state index in [-0.39, 0.29) is 5.78 Å². The van der Waals surface area contributed by atoms with Gasteiger partial charge in [-0.25, -0.2) is 0 Å². The molecule has 0 saturated heterocycles. The summed E-state index contributed by atoms with van der Waals surface area (Å²) in [7, 11) is 0. The zero-order chi connectivity index (χ0) is 10.6. The van der Waals surface area contributed by atoms with E-state index in [9.17, 15) is 10.0 Å². The van der Waals surface area contributed by atoms with Gasteiger partial charge >= 0.3 is 0 Å². The quantitative estimate of drug-likeness (QED) is 0.419. The van der Waals surface area contributed by atoms with Gasteiger partial charge in [0.15, 0.2) is 11.8 Å². The zero-order valence-corrected chi connectivity index (χ0v) is 8.18. The second-order valence-electron chi connectivity index (χ2n) is 3.01. The minimum atomic E-state index is -0.590. The van der Waals surface area contributed by atoms with Gasteiger partial charge in [0.2, 0.25) is 5.69 Å². The fourth-order valence-corrected chi connectivity index (χ4v) is 0.861. The Labute approximate surface area is 82.5 Å². The largest absolute Gasteiger partial charge is 0.594 e. The molecule has 0 radical (unpaired) electrons. The van der Waals surface area contributed by atoms with Crippen molar-refractivity contribution < 1.29 is 9.66 Å². The molecular formula is C10H12N2O2. The number of carbonyl (C=O) groups is 1. The van der Waals surface area contributed by atoms with Crippen LogP contribution >= 0.6 is 0 Å². The van der Waals surface area contributed by atoms with E-state index in [1.165, 1.54) is 6.92 Å².